The number of nitrogen functional groups attached to an aromatic ring is 1. The van der Waals surface area contributed by atoms with E-state index >= 15 is 0 Å². The number of rotatable bonds is 6. The first kappa shape index (κ1) is 18.4. The standard InChI is InChI=1S/C14H22BrFN2O2S/c1-9(2)7-18(8-10(3)4)21(19,20)14-6-13(17)12(16)5-11(14)15/h5-6,9-10H,7-8,17H2,1-4H3. The lowest BCUT2D eigenvalue weighted by Gasteiger charge is -2.26. The third kappa shape index (κ3) is 4.66. The lowest BCUT2D eigenvalue weighted by Crippen LogP contribution is -2.37. The highest BCUT2D eigenvalue weighted by molar-refractivity contribution is 9.10. The Bertz CT molecular complexity index is 593. The number of hydrogen-bond acceptors (Lipinski definition) is 3. The molecule has 1 rings (SSSR count). The molecule has 0 aliphatic heterocycles. The van der Waals surface area contributed by atoms with E-state index in [0.717, 1.165) is 6.07 Å². The van der Waals surface area contributed by atoms with Gasteiger partial charge in [0.25, 0.3) is 0 Å². The van der Waals surface area contributed by atoms with E-state index < -0.39 is 15.8 Å². The molecule has 0 atom stereocenters. The Balaban J connectivity index is 3.31. The molecule has 0 aromatic heterocycles. The van der Waals surface area contributed by atoms with Gasteiger partial charge in [-0.05, 0) is 39.9 Å². The molecule has 0 amide bonds. The second-order valence-corrected chi connectivity index (χ2v) is 8.67. The summed E-state index contributed by atoms with van der Waals surface area (Å²) in [5.74, 6) is -0.259. The molecular weight excluding hydrogens is 359 g/mol. The van der Waals surface area contributed by atoms with Gasteiger partial charge in [-0.15, -0.1) is 0 Å². The van der Waals surface area contributed by atoms with Gasteiger partial charge in [-0.3, -0.25) is 0 Å². The molecule has 0 fully saturated rings. The molecule has 0 saturated carbocycles. The van der Waals surface area contributed by atoms with E-state index in [4.69, 9.17) is 5.73 Å². The van der Waals surface area contributed by atoms with Crippen molar-refractivity contribution >= 4 is 31.6 Å². The van der Waals surface area contributed by atoms with E-state index in [1.807, 2.05) is 27.7 Å². The molecule has 0 saturated heterocycles. The van der Waals surface area contributed by atoms with E-state index in [0.29, 0.717) is 13.1 Å². The molecule has 1 aromatic carbocycles. The fraction of sp³-hybridized carbons (Fsp3) is 0.571. The summed E-state index contributed by atoms with van der Waals surface area (Å²) >= 11 is 3.12. The summed E-state index contributed by atoms with van der Waals surface area (Å²) in [6.45, 7) is 8.64. The first-order valence-corrected chi connectivity index (χ1v) is 9.03. The fourth-order valence-electron chi connectivity index (χ4n) is 1.97. The van der Waals surface area contributed by atoms with Crippen molar-refractivity contribution in [1.29, 1.82) is 0 Å². The van der Waals surface area contributed by atoms with Gasteiger partial charge < -0.3 is 5.73 Å². The highest BCUT2D eigenvalue weighted by Crippen LogP contribution is 2.29. The number of anilines is 1. The van der Waals surface area contributed by atoms with Crippen LogP contribution < -0.4 is 5.73 Å². The van der Waals surface area contributed by atoms with E-state index in [1.54, 1.807) is 0 Å². The predicted molar refractivity (Wildman–Crippen MR) is 86.9 cm³/mol. The lowest BCUT2D eigenvalue weighted by atomic mass is 10.2. The zero-order chi connectivity index (χ0) is 16.4. The normalized spacial score (nSPS) is 12.6. The number of sulfonamides is 1. The second-order valence-electron chi connectivity index (χ2n) is 5.91. The Hall–Kier alpha value is -0.660. The Morgan fingerprint density at radius 1 is 1.19 bits per heavy atom. The van der Waals surface area contributed by atoms with Gasteiger partial charge in [0.1, 0.15) is 5.82 Å². The van der Waals surface area contributed by atoms with Crippen LogP contribution in [0.3, 0.4) is 0 Å². The summed E-state index contributed by atoms with van der Waals surface area (Å²) in [5, 5.41) is 0. The number of hydrogen-bond donors (Lipinski definition) is 1. The van der Waals surface area contributed by atoms with Crippen molar-refractivity contribution in [2.24, 2.45) is 11.8 Å². The van der Waals surface area contributed by atoms with Crippen LogP contribution in [-0.2, 0) is 10.0 Å². The lowest BCUT2D eigenvalue weighted by molar-refractivity contribution is 0.333. The maximum Gasteiger partial charge on any atom is 0.244 e. The average Bonchev–Trinajstić information content (AvgIpc) is 2.31. The van der Waals surface area contributed by atoms with Crippen LogP contribution in [-0.4, -0.2) is 25.8 Å². The van der Waals surface area contributed by atoms with E-state index in [1.165, 1.54) is 10.4 Å². The Morgan fingerprint density at radius 3 is 2.10 bits per heavy atom. The van der Waals surface area contributed by atoms with Crippen LogP contribution in [0.1, 0.15) is 27.7 Å². The van der Waals surface area contributed by atoms with Crippen LogP contribution in [0.4, 0.5) is 10.1 Å². The zero-order valence-electron chi connectivity index (χ0n) is 12.7. The maximum atomic E-state index is 13.4. The molecule has 21 heavy (non-hydrogen) atoms. The minimum absolute atomic E-state index is 0.00250. The van der Waals surface area contributed by atoms with Crippen molar-refractivity contribution in [3.05, 3.63) is 22.4 Å². The van der Waals surface area contributed by atoms with Gasteiger partial charge >= 0.3 is 0 Å². The molecule has 4 nitrogen and oxygen atoms in total. The average molecular weight is 381 g/mol. The molecule has 0 aliphatic rings. The Morgan fingerprint density at radius 2 is 1.67 bits per heavy atom. The quantitative estimate of drug-likeness (QED) is 0.768. The van der Waals surface area contributed by atoms with Crippen molar-refractivity contribution in [3.63, 3.8) is 0 Å². The van der Waals surface area contributed by atoms with Gasteiger partial charge in [0.15, 0.2) is 0 Å². The summed E-state index contributed by atoms with van der Waals surface area (Å²) in [6, 6.07) is 2.26. The molecule has 1 aromatic rings. The first-order valence-electron chi connectivity index (χ1n) is 6.80. The fourth-order valence-corrected chi connectivity index (χ4v) is 4.74. The summed E-state index contributed by atoms with van der Waals surface area (Å²) in [5.41, 5.74) is 5.33. The third-order valence-corrected chi connectivity index (χ3v) is 5.60. The van der Waals surface area contributed by atoms with Gasteiger partial charge in [0.05, 0.1) is 10.6 Å². The van der Waals surface area contributed by atoms with Gasteiger partial charge in [-0.25, -0.2) is 12.8 Å². The molecule has 0 spiro atoms. The molecule has 0 unspecified atom stereocenters. The van der Waals surface area contributed by atoms with Crippen molar-refractivity contribution < 1.29 is 12.8 Å². The predicted octanol–water partition coefficient (Wildman–Crippen LogP) is 3.47. The van der Waals surface area contributed by atoms with E-state index in [2.05, 4.69) is 15.9 Å². The van der Waals surface area contributed by atoms with Crippen LogP contribution in [0.5, 0.6) is 0 Å². The summed E-state index contributed by atoms with van der Waals surface area (Å²) < 4.78 is 40.6. The van der Waals surface area contributed by atoms with Crippen LogP contribution in [0, 0.1) is 17.7 Å². The van der Waals surface area contributed by atoms with Gasteiger partial charge in [0.2, 0.25) is 10.0 Å². The molecule has 2 N–H and O–H groups in total. The summed E-state index contributed by atoms with van der Waals surface area (Å²) in [6.07, 6.45) is 0. The summed E-state index contributed by atoms with van der Waals surface area (Å²) in [4.78, 5) is 0.00250. The van der Waals surface area contributed by atoms with Gasteiger partial charge in [-0.1, -0.05) is 27.7 Å². The molecule has 0 aliphatic carbocycles. The minimum Gasteiger partial charge on any atom is -0.396 e. The third-order valence-electron chi connectivity index (χ3n) is 2.81. The maximum absolute atomic E-state index is 13.4. The monoisotopic (exact) mass is 380 g/mol. The van der Waals surface area contributed by atoms with Crippen molar-refractivity contribution in [2.45, 2.75) is 32.6 Å². The number of halogens is 2. The molecular formula is C14H22BrFN2O2S. The van der Waals surface area contributed by atoms with Crippen molar-refractivity contribution in [1.82, 2.24) is 4.31 Å². The van der Waals surface area contributed by atoms with E-state index in [9.17, 15) is 12.8 Å². The minimum atomic E-state index is -3.72. The largest absolute Gasteiger partial charge is 0.396 e. The number of nitrogens with two attached hydrogens (primary N) is 1. The molecule has 0 bridgehead atoms. The molecule has 120 valence electrons. The van der Waals surface area contributed by atoms with Crippen LogP contribution in [0.15, 0.2) is 21.5 Å². The smallest absolute Gasteiger partial charge is 0.244 e. The first-order chi connectivity index (χ1) is 9.55. The highest BCUT2D eigenvalue weighted by atomic mass is 79.9. The van der Waals surface area contributed by atoms with Crippen molar-refractivity contribution in [3.8, 4) is 0 Å². The molecule has 7 heteroatoms. The Labute approximate surface area is 134 Å². The highest BCUT2D eigenvalue weighted by Gasteiger charge is 2.28. The molecule has 0 radical (unpaired) electrons. The number of nitrogens with zero attached hydrogens (tertiary/aromatic N) is 1. The second kappa shape index (κ2) is 7.07. The van der Waals surface area contributed by atoms with Crippen LogP contribution in [0.2, 0.25) is 0 Å². The zero-order valence-corrected chi connectivity index (χ0v) is 15.1. The van der Waals surface area contributed by atoms with Crippen LogP contribution in [0.25, 0.3) is 0 Å². The number of benzene rings is 1. The van der Waals surface area contributed by atoms with Gasteiger partial charge in [-0.2, -0.15) is 4.31 Å². The SMILES string of the molecule is CC(C)CN(CC(C)C)S(=O)(=O)c1cc(N)c(F)cc1Br. The topological polar surface area (TPSA) is 63.4 Å². The molecule has 0 heterocycles. The van der Waals surface area contributed by atoms with Crippen molar-refractivity contribution in [2.75, 3.05) is 18.8 Å². The Kier molecular flexibility index (Phi) is 6.19. The van der Waals surface area contributed by atoms with E-state index in [-0.39, 0.29) is 26.9 Å². The summed E-state index contributed by atoms with van der Waals surface area (Å²) in [7, 11) is -3.72. The van der Waals surface area contributed by atoms with Crippen LogP contribution >= 0.6 is 15.9 Å². The van der Waals surface area contributed by atoms with Gasteiger partial charge in [0, 0.05) is 17.6 Å².